The Labute approximate surface area is 69.9 Å². The van der Waals surface area contributed by atoms with Crippen molar-refractivity contribution in [3.05, 3.63) is 11.1 Å². The molecular formula is C6H10ClN3O. The number of nitrogens with one attached hydrogen (secondary N) is 1. The van der Waals surface area contributed by atoms with Crippen molar-refractivity contribution in [2.24, 2.45) is 0 Å². The SMILES string of the molecule is CCCOCc1nc(Cl)n[nH]1. The van der Waals surface area contributed by atoms with E-state index in [9.17, 15) is 0 Å². The van der Waals surface area contributed by atoms with E-state index in [1.165, 1.54) is 0 Å². The molecule has 0 fully saturated rings. The van der Waals surface area contributed by atoms with Gasteiger partial charge in [0.1, 0.15) is 6.61 Å². The van der Waals surface area contributed by atoms with Gasteiger partial charge in [0, 0.05) is 6.61 Å². The lowest BCUT2D eigenvalue weighted by molar-refractivity contribution is 0.116. The molecule has 4 nitrogen and oxygen atoms in total. The van der Waals surface area contributed by atoms with E-state index in [2.05, 4.69) is 15.2 Å². The first kappa shape index (κ1) is 8.49. The van der Waals surface area contributed by atoms with Crippen molar-refractivity contribution >= 4 is 11.6 Å². The highest BCUT2D eigenvalue weighted by Crippen LogP contribution is 1.99. The fraction of sp³-hybridized carbons (Fsp3) is 0.667. The first-order valence-electron chi connectivity index (χ1n) is 3.47. The zero-order valence-corrected chi connectivity index (χ0v) is 7.06. The number of halogens is 1. The van der Waals surface area contributed by atoms with Crippen molar-refractivity contribution in [3.63, 3.8) is 0 Å². The van der Waals surface area contributed by atoms with E-state index in [-0.39, 0.29) is 5.28 Å². The molecule has 0 aliphatic rings. The summed E-state index contributed by atoms with van der Waals surface area (Å²) in [4.78, 5) is 3.86. The number of rotatable bonds is 4. The summed E-state index contributed by atoms with van der Waals surface area (Å²) in [6, 6.07) is 0. The van der Waals surface area contributed by atoms with Gasteiger partial charge in [0.05, 0.1) is 0 Å². The van der Waals surface area contributed by atoms with Crippen LogP contribution in [0.1, 0.15) is 19.2 Å². The number of ether oxygens (including phenoxy) is 1. The molecule has 1 aromatic rings. The second-order valence-corrected chi connectivity index (χ2v) is 2.44. The van der Waals surface area contributed by atoms with Gasteiger partial charge >= 0.3 is 0 Å². The third-order valence-corrected chi connectivity index (χ3v) is 1.26. The first-order chi connectivity index (χ1) is 5.33. The second-order valence-electron chi connectivity index (χ2n) is 2.10. The molecule has 0 aliphatic heterocycles. The molecule has 0 saturated heterocycles. The van der Waals surface area contributed by atoms with Crippen LogP contribution in [-0.4, -0.2) is 21.8 Å². The van der Waals surface area contributed by atoms with Crippen LogP contribution in [0.25, 0.3) is 0 Å². The molecule has 0 bridgehead atoms. The van der Waals surface area contributed by atoms with E-state index in [1.54, 1.807) is 0 Å². The normalized spacial score (nSPS) is 10.4. The van der Waals surface area contributed by atoms with E-state index < -0.39 is 0 Å². The summed E-state index contributed by atoms with van der Waals surface area (Å²) in [7, 11) is 0. The molecular weight excluding hydrogens is 166 g/mol. The maximum atomic E-state index is 5.46. The Morgan fingerprint density at radius 3 is 3.00 bits per heavy atom. The van der Waals surface area contributed by atoms with Gasteiger partial charge in [-0.15, -0.1) is 5.10 Å². The molecule has 62 valence electrons. The van der Waals surface area contributed by atoms with Crippen LogP contribution in [0.2, 0.25) is 5.28 Å². The highest BCUT2D eigenvalue weighted by molar-refractivity contribution is 6.28. The summed E-state index contributed by atoms with van der Waals surface area (Å²) >= 11 is 5.46. The number of nitrogens with zero attached hydrogens (tertiary/aromatic N) is 2. The lowest BCUT2D eigenvalue weighted by atomic mass is 10.5. The lowest BCUT2D eigenvalue weighted by Crippen LogP contribution is -1.95. The third-order valence-electron chi connectivity index (χ3n) is 1.09. The zero-order chi connectivity index (χ0) is 8.10. The Bertz CT molecular complexity index is 213. The van der Waals surface area contributed by atoms with Crippen molar-refractivity contribution in [2.75, 3.05) is 6.61 Å². The van der Waals surface area contributed by atoms with Gasteiger partial charge in [0.15, 0.2) is 5.82 Å². The molecule has 1 N–H and O–H groups in total. The monoisotopic (exact) mass is 175 g/mol. The summed E-state index contributed by atoms with van der Waals surface area (Å²) in [5.74, 6) is 0.670. The number of H-pyrrole nitrogens is 1. The molecule has 0 spiro atoms. The summed E-state index contributed by atoms with van der Waals surface area (Å²) in [5, 5.41) is 6.53. The molecule has 11 heavy (non-hydrogen) atoms. The first-order valence-corrected chi connectivity index (χ1v) is 3.85. The van der Waals surface area contributed by atoms with E-state index in [4.69, 9.17) is 16.3 Å². The predicted molar refractivity (Wildman–Crippen MR) is 41.3 cm³/mol. The van der Waals surface area contributed by atoms with Gasteiger partial charge in [-0.25, -0.2) is 0 Å². The van der Waals surface area contributed by atoms with Crippen LogP contribution in [0.15, 0.2) is 0 Å². The molecule has 0 aliphatic carbocycles. The van der Waals surface area contributed by atoms with Crippen LogP contribution in [0.4, 0.5) is 0 Å². The maximum Gasteiger partial charge on any atom is 0.242 e. The maximum absolute atomic E-state index is 5.46. The average molecular weight is 176 g/mol. The van der Waals surface area contributed by atoms with E-state index in [1.807, 2.05) is 6.92 Å². The van der Waals surface area contributed by atoms with E-state index >= 15 is 0 Å². The highest BCUT2D eigenvalue weighted by Gasteiger charge is 1.98. The second kappa shape index (κ2) is 4.31. The van der Waals surface area contributed by atoms with E-state index in [0.717, 1.165) is 13.0 Å². The smallest absolute Gasteiger partial charge is 0.242 e. The zero-order valence-electron chi connectivity index (χ0n) is 6.30. The molecule has 1 heterocycles. The molecule has 1 aromatic heterocycles. The van der Waals surface area contributed by atoms with Crippen molar-refractivity contribution < 1.29 is 4.74 Å². The standard InChI is InChI=1S/C6H10ClN3O/c1-2-3-11-4-5-8-6(7)10-9-5/h2-4H2,1H3,(H,8,9,10). The fourth-order valence-electron chi connectivity index (χ4n) is 0.650. The quantitative estimate of drug-likeness (QED) is 0.704. The molecule has 0 unspecified atom stereocenters. The van der Waals surface area contributed by atoms with Crippen LogP contribution in [0.5, 0.6) is 0 Å². The number of aromatic amines is 1. The van der Waals surface area contributed by atoms with Crippen LogP contribution in [0.3, 0.4) is 0 Å². The molecule has 0 saturated carbocycles. The summed E-state index contributed by atoms with van der Waals surface area (Å²) in [5.41, 5.74) is 0. The average Bonchev–Trinajstić information content (AvgIpc) is 2.37. The van der Waals surface area contributed by atoms with Gasteiger partial charge in [0.2, 0.25) is 5.28 Å². The van der Waals surface area contributed by atoms with Gasteiger partial charge < -0.3 is 4.74 Å². The lowest BCUT2D eigenvalue weighted by Gasteiger charge is -1.96. The van der Waals surface area contributed by atoms with Crippen molar-refractivity contribution in [2.45, 2.75) is 20.0 Å². The van der Waals surface area contributed by atoms with Crippen LogP contribution in [0, 0.1) is 0 Å². The summed E-state index contributed by atoms with van der Waals surface area (Å²) in [6.45, 7) is 3.24. The Hall–Kier alpha value is -0.610. The minimum Gasteiger partial charge on any atom is -0.373 e. The van der Waals surface area contributed by atoms with Crippen molar-refractivity contribution in [3.8, 4) is 0 Å². The van der Waals surface area contributed by atoms with Crippen molar-refractivity contribution in [1.82, 2.24) is 15.2 Å². The summed E-state index contributed by atoms with van der Waals surface area (Å²) < 4.78 is 5.19. The van der Waals surface area contributed by atoms with Gasteiger partial charge in [-0.1, -0.05) is 6.92 Å². The van der Waals surface area contributed by atoms with Crippen LogP contribution >= 0.6 is 11.6 Å². The van der Waals surface area contributed by atoms with E-state index in [0.29, 0.717) is 12.4 Å². The molecule has 0 radical (unpaired) electrons. The van der Waals surface area contributed by atoms with Gasteiger partial charge in [-0.2, -0.15) is 4.98 Å². The minimum atomic E-state index is 0.236. The Morgan fingerprint density at radius 1 is 1.64 bits per heavy atom. The van der Waals surface area contributed by atoms with Crippen molar-refractivity contribution in [1.29, 1.82) is 0 Å². The Morgan fingerprint density at radius 2 is 2.45 bits per heavy atom. The molecule has 1 rings (SSSR count). The molecule has 5 heteroatoms. The number of hydrogen-bond acceptors (Lipinski definition) is 3. The molecule has 0 aromatic carbocycles. The van der Waals surface area contributed by atoms with Crippen LogP contribution in [-0.2, 0) is 11.3 Å². The fourth-order valence-corrected chi connectivity index (χ4v) is 0.794. The summed E-state index contributed by atoms with van der Waals surface area (Å²) in [6.07, 6.45) is 1.00. The Balaban J connectivity index is 2.27. The van der Waals surface area contributed by atoms with Gasteiger partial charge in [-0.3, -0.25) is 5.10 Å². The van der Waals surface area contributed by atoms with Gasteiger partial charge in [-0.05, 0) is 18.0 Å². The third kappa shape index (κ3) is 2.86. The highest BCUT2D eigenvalue weighted by atomic mass is 35.5. The van der Waals surface area contributed by atoms with Crippen LogP contribution < -0.4 is 0 Å². The topological polar surface area (TPSA) is 50.8 Å². The predicted octanol–water partition coefficient (Wildman–Crippen LogP) is 1.38. The molecule has 0 amide bonds. The largest absolute Gasteiger partial charge is 0.373 e. The minimum absolute atomic E-state index is 0.236. The van der Waals surface area contributed by atoms with Gasteiger partial charge in [0.25, 0.3) is 0 Å². The molecule has 0 atom stereocenters. The number of hydrogen-bond donors (Lipinski definition) is 1. The number of aromatic nitrogens is 3. The Kier molecular flexibility index (Phi) is 3.32.